The molecule has 0 aliphatic carbocycles. The van der Waals surface area contributed by atoms with Crippen LogP contribution in [-0.2, 0) is 11.3 Å². The van der Waals surface area contributed by atoms with Crippen LogP contribution in [0, 0.1) is 27.7 Å². The van der Waals surface area contributed by atoms with Crippen molar-refractivity contribution < 1.29 is 9.21 Å². The SMILES string of the molecule is Cc1cc(C)c(NC(=O)CN(C)Cc2nc(-c3ccccc3)oc2C)c(C)c1. The van der Waals surface area contributed by atoms with Crippen LogP contribution >= 0.6 is 0 Å². The number of likely N-dealkylation sites (N-methyl/N-ethyl adjacent to an activating group) is 1. The predicted molar refractivity (Wildman–Crippen MR) is 112 cm³/mol. The summed E-state index contributed by atoms with van der Waals surface area (Å²) in [6.45, 7) is 8.82. The van der Waals surface area contributed by atoms with Gasteiger partial charge in [0.25, 0.3) is 0 Å². The van der Waals surface area contributed by atoms with Gasteiger partial charge in [-0.1, -0.05) is 35.9 Å². The number of amides is 1. The zero-order chi connectivity index (χ0) is 20.3. The lowest BCUT2D eigenvalue weighted by Gasteiger charge is -2.17. The van der Waals surface area contributed by atoms with E-state index in [0.29, 0.717) is 12.4 Å². The zero-order valence-electron chi connectivity index (χ0n) is 17.2. The number of carbonyl (C=O) groups is 1. The second-order valence-corrected chi connectivity index (χ2v) is 7.38. The second-order valence-electron chi connectivity index (χ2n) is 7.38. The molecule has 0 aliphatic heterocycles. The average molecular weight is 377 g/mol. The van der Waals surface area contributed by atoms with Crippen molar-refractivity contribution >= 4 is 11.6 Å². The van der Waals surface area contributed by atoms with E-state index in [4.69, 9.17) is 4.42 Å². The molecule has 28 heavy (non-hydrogen) atoms. The fourth-order valence-electron chi connectivity index (χ4n) is 3.39. The number of nitrogens with zero attached hydrogens (tertiary/aromatic N) is 2. The molecule has 5 heteroatoms. The molecule has 0 aliphatic rings. The lowest BCUT2D eigenvalue weighted by atomic mass is 10.1. The third-order valence-electron chi connectivity index (χ3n) is 4.69. The maximum absolute atomic E-state index is 12.5. The smallest absolute Gasteiger partial charge is 0.238 e. The Labute approximate surface area is 166 Å². The number of benzene rings is 2. The van der Waals surface area contributed by atoms with Crippen molar-refractivity contribution in [1.82, 2.24) is 9.88 Å². The number of nitrogens with one attached hydrogen (secondary N) is 1. The van der Waals surface area contributed by atoms with Crippen molar-refractivity contribution in [2.75, 3.05) is 18.9 Å². The van der Waals surface area contributed by atoms with Crippen LogP contribution in [0.15, 0.2) is 46.9 Å². The summed E-state index contributed by atoms with van der Waals surface area (Å²) >= 11 is 0. The number of carbonyl (C=O) groups excluding carboxylic acids is 1. The molecule has 1 aromatic heterocycles. The van der Waals surface area contributed by atoms with E-state index < -0.39 is 0 Å². The van der Waals surface area contributed by atoms with Crippen LogP contribution in [0.5, 0.6) is 0 Å². The minimum atomic E-state index is -0.0398. The van der Waals surface area contributed by atoms with Crippen LogP contribution in [-0.4, -0.2) is 29.4 Å². The first-order chi connectivity index (χ1) is 13.3. The summed E-state index contributed by atoms with van der Waals surface area (Å²) in [6.07, 6.45) is 0. The molecule has 0 atom stereocenters. The minimum Gasteiger partial charge on any atom is -0.441 e. The first-order valence-electron chi connectivity index (χ1n) is 9.41. The molecule has 0 saturated heterocycles. The molecule has 1 N–H and O–H groups in total. The molecule has 5 nitrogen and oxygen atoms in total. The van der Waals surface area contributed by atoms with Gasteiger partial charge < -0.3 is 9.73 Å². The quantitative estimate of drug-likeness (QED) is 0.679. The number of aryl methyl sites for hydroxylation is 4. The largest absolute Gasteiger partial charge is 0.441 e. The van der Waals surface area contributed by atoms with Gasteiger partial charge in [0.15, 0.2) is 0 Å². The number of anilines is 1. The zero-order valence-corrected chi connectivity index (χ0v) is 17.2. The molecular weight excluding hydrogens is 350 g/mol. The molecule has 0 bridgehead atoms. The summed E-state index contributed by atoms with van der Waals surface area (Å²) in [5.74, 6) is 1.34. The Bertz CT molecular complexity index is 954. The van der Waals surface area contributed by atoms with Crippen molar-refractivity contribution in [2.24, 2.45) is 0 Å². The summed E-state index contributed by atoms with van der Waals surface area (Å²) in [6, 6.07) is 14.0. The van der Waals surface area contributed by atoms with E-state index in [1.54, 1.807) is 0 Å². The Morgan fingerprint density at radius 3 is 2.36 bits per heavy atom. The Balaban J connectivity index is 1.64. The lowest BCUT2D eigenvalue weighted by molar-refractivity contribution is -0.117. The minimum absolute atomic E-state index is 0.0398. The molecule has 0 radical (unpaired) electrons. The number of rotatable bonds is 6. The Hall–Kier alpha value is -2.92. The van der Waals surface area contributed by atoms with Gasteiger partial charge in [0, 0.05) is 17.8 Å². The van der Waals surface area contributed by atoms with Gasteiger partial charge in [0.2, 0.25) is 11.8 Å². The van der Waals surface area contributed by atoms with Crippen molar-refractivity contribution in [3.8, 4) is 11.5 Å². The Kier molecular flexibility index (Phi) is 5.95. The van der Waals surface area contributed by atoms with E-state index in [9.17, 15) is 4.79 Å². The average Bonchev–Trinajstić information content (AvgIpc) is 2.99. The molecule has 0 saturated carbocycles. The van der Waals surface area contributed by atoms with Gasteiger partial charge in [0.1, 0.15) is 5.76 Å². The molecule has 0 fully saturated rings. The highest BCUT2D eigenvalue weighted by Crippen LogP contribution is 2.23. The third kappa shape index (κ3) is 4.67. The first kappa shape index (κ1) is 19.8. The van der Waals surface area contributed by atoms with Crippen LogP contribution in [0.1, 0.15) is 28.1 Å². The number of aromatic nitrogens is 1. The Morgan fingerprint density at radius 1 is 1.07 bits per heavy atom. The van der Waals surface area contributed by atoms with E-state index in [1.807, 2.05) is 63.1 Å². The van der Waals surface area contributed by atoms with Gasteiger partial charge in [-0.2, -0.15) is 0 Å². The summed E-state index contributed by atoms with van der Waals surface area (Å²) in [5, 5.41) is 3.04. The van der Waals surface area contributed by atoms with Crippen LogP contribution in [0.25, 0.3) is 11.5 Å². The lowest BCUT2D eigenvalue weighted by Crippen LogP contribution is -2.30. The molecular formula is C23H27N3O2. The highest BCUT2D eigenvalue weighted by atomic mass is 16.4. The summed E-state index contributed by atoms with van der Waals surface area (Å²) < 4.78 is 5.81. The van der Waals surface area contributed by atoms with Gasteiger partial charge in [-0.3, -0.25) is 9.69 Å². The topological polar surface area (TPSA) is 58.4 Å². The molecule has 0 unspecified atom stereocenters. The third-order valence-corrected chi connectivity index (χ3v) is 4.69. The van der Waals surface area contributed by atoms with Gasteiger partial charge in [-0.15, -0.1) is 0 Å². The molecule has 3 aromatic rings. The van der Waals surface area contributed by atoms with Gasteiger partial charge in [-0.25, -0.2) is 4.98 Å². The molecule has 3 rings (SSSR count). The van der Waals surface area contributed by atoms with E-state index in [-0.39, 0.29) is 12.5 Å². The van der Waals surface area contributed by atoms with E-state index in [1.165, 1.54) is 5.56 Å². The maximum Gasteiger partial charge on any atom is 0.238 e. The van der Waals surface area contributed by atoms with Crippen molar-refractivity contribution in [3.63, 3.8) is 0 Å². The van der Waals surface area contributed by atoms with E-state index in [0.717, 1.165) is 33.8 Å². The fraction of sp³-hybridized carbons (Fsp3) is 0.304. The van der Waals surface area contributed by atoms with Crippen molar-refractivity contribution in [1.29, 1.82) is 0 Å². The Morgan fingerprint density at radius 2 is 1.71 bits per heavy atom. The van der Waals surface area contributed by atoms with Crippen LogP contribution in [0.2, 0.25) is 0 Å². The number of hydrogen-bond donors (Lipinski definition) is 1. The summed E-state index contributed by atoms with van der Waals surface area (Å²) in [4.78, 5) is 19.1. The van der Waals surface area contributed by atoms with E-state index >= 15 is 0 Å². The van der Waals surface area contributed by atoms with Crippen molar-refractivity contribution in [2.45, 2.75) is 34.2 Å². The summed E-state index contributed by atoms with van der Waals surface area (Å²) in [5.41, 5.74) is 6.04. The monoisotopic (exact) mass is 377 g/mol. The molecule has 1 amide bonds. The highest BCUT2D eigenvalue weighted by molar-refractivity contribution is 5.93. The predicted octanol–water partition coefficient (Wildman–Crippen LogP) is 4.65. The normalized spacial score (nSPS) is 11.1. The fourth-order valence-corrected chi connectivity index (χ4v) is 3.39. The van der Waals surface area contributed by atoms with E-state index in [2.05, 4.69) is 29.4 Å². The van der Waals surface area contributed by atoms with Gasteiger partial charge in [0.05, 0.1) is 12.2 Å². The highest BCUT2D eigenvalue weighted by Gasteiger charge is 2.15. The van der Waals surface area contributed by atoms with Crippen molar-refractivity contribution in [3.05, 3.63) is 70.6 Å². The molecule has 1 heterocycles. The van der Waals surface area contributed by atoms with Crippen LogP contribution in [0.3, 0.4) is 0 Å². The first-order valence-corrected chi connectivity index (χ1v) is 9.41. The molecule has 2 aromatic carbocycles. The maximum atomic E-state index is 12.5. The number of oxazole rings is 1. The van der Waals surface area contributed by atoms with Crippen LogP contribution in [0.4, 0.5) is 5.69 Å². The molecule has 0 spiro atoms. The standard InChI is InChI=1S/C23H27N3O2/c1-15-11-16(2)22(17(3)12-15)25-21(27)14-26(5)13-20-18(4)28-23(24-20)19-9-7-6-8-10-19/h6-12H,13-14H2,1-5H3,(H,25,27). The van der Waals surface area contributed by atoms with Gasteiger partial charge in [-0.05, 0) is 58.0 Å². The number of hydrogen-bond acceptors (Lipinski definition) is 4. The molecule has 146 valence electrons. The second kappa shape index (κ2) is 8.40. The van der Waals surface area contributed by atoms with Gasteiger partial charge >= 0.3 is 0 Å². The summed E-state index contributed by atoms with van der Waals surface area (Å²) in [7, 11) is 1.91. The van der Waals surface area contributed by atoms with Crippen LogP contribution < -0.4 is 5.32 Å².